The van der Waals surface area contributed by atoms with Gasteiger partial charge in [-0.3, -0.25) is 10.1 Å². The van der Waals surface area contributed by atoms with Crippen LogP contribution in [0.5, 0.6) is 0 Å². The van der Waals surface area contributed by atoms with Gasteiger partial charge in [-0.2, -0.15) is 13.2 Å². The van der Waals surface area contributed by atoms with Crippen LogP contribution in [0.3, 0.4) is 0 Å². The van der Waals surface area contributed by atoms with Crippen molar-refractivity contribution in [1.82, 2.24) is 15.3 Å². The van der Waals surface area contributed by atoms with Crippen molar-refractivity contribution in [3.8, 4) is 0 Å². The summed E-state index contributed by atoms with van der Waals surface area (Å²) in [5.74, 6) is -1.62. The summed E-state index contributed by atoms with van der Waals surface area (Å²) < 4.78 is 39.4. The highest BCUT2D eigenvalue weighted by atomic mass is 32.2. The van der Waals surface area contributed by atoms with Crippen molar-refractivity contribution >= 4 is 39.8 Å². The number of hydrogen-bond donors (Lipinski definition) is 3. The molecular formula is C20H20F3N3O3S2. The van der Waals surface area contributed by atoms with E-state index in [-0.39, 0.29) is 28.8 Å². The number of ketones is 1. The molecule has 0 bridgehead atoms. The van der Waals surface area contributed by atoms with Gasteiger partial charge in [0.2, 0.25) is 5.82 Å². The molecule has 0 amide bonds. The summed E-state index contributed by atoms with van der Waals surface area (Å²) in [6.07, 6.45) is -4.36. The maximum Gasteiger partial charge on any atom is 0.451 e. The van der Waals surface area contributed by atoms with Crippen molar-refractivity contribution in [2.24, 2.45) is 0 Å². The highest BCUT2D eigenvalue weighted by Crippen LogP contribution is 2.34. The summed E-state index contributed by atoms with van der Waals surface area (Å²) in [6, 6.07) is 9.59. The largest absolute Gasteiger partial charge is 0.451 e. The van der Waals surface area contributed by atoms with Crippen LogP contribution >= 0.6 is 23.1 Å². The van der Waals surface area contributed by atoms with E-state index in [1.807, 2.05) is 0 Å². The summed E-state index contributed by atoms with van der Waals surface area (Å²) in [6.45, 7) is 1.81. The topological polar surface area (TPSA) is 95.3 Å². The quantitative estimate of drug-likeness (QED) is 0.144. The lowest BCUT2D eigenvalue weighted by molar-refractivity contribution is -0.145. The smallest absolute Gasteiger partial charge is 0.385 e. The number of halogens is 3. The average Bonchev–Trinajstić information content (AvgIpc) is 3.22. The van der Waals surface area contributed by atoms with E-state index in [0.29, 0.717) is 28.1 Å². The predicted molar refractivity (Wildman–Crippen MR) is 113 cm³/mol. The molecule has 1 atom stereocenters. The van der Waals surface area contributed by atoms with Gasteiger partial charge >= 0.3 is 6.18 Å². The maximum absolute atomic E-state index is 13.1. The number of hydrogen-bond acceptors (Lipinski definition) is 8. The van der Waals surface area contributed by atoms with Crippen LogP contribution in [0.2, 0.25) is 0 Å². The molecule has 3 N–H and O–H groups in total. The zero-order valence-electron chi connectivity index (χ0n) is 16.4. The number of fused-ring (bicyclic) bond motifs is 1. The van der Waals surface area contributed by atoms with Gasteiger partial charge in [-0.1, -0.05) is 30.0 Å². The molecule has 0 fully saturated rings. The SMILES string of the molecule is CC(O)(CCNCO)c1ccc(C(=O)CSc2nc(C(F)(F)F)nc3ccccc23)s1. The number of Topliss-reactive ketones (excluding diaryl/α,β-unsaturated/α-hetero) is 1. The average molecular weight is 472 g/mol. The van der Waals surface area contributed by atoms with Crippen LogP contribution in [-0.4, -0.2) is 45.0 Å². The second-order valence-electron chi connectivity index (χ2n) is 6.92. The molecule has 2 aromatic heterocycles. The molecule has 0 aliphatic rings. The van der Waals surface area contributed by atoms with Crippen LogP contribution in [0.25, 0.3) is 10.9 Å². The summed E-state index contributed by atoms with van der Waals surface area (Å²) >= 11 is 2.06. The van der Waals surface area contributed by atoms with Crippen LogP contribution in [0.15, 0.2) is 41.4 Å². The van der Waals surface area contributed by atoms with Crippen LogP contribution in [0.4, 0.5) is 13.2 Å². The Hall–Kier alpha value is -2.05. The van der Waals surface area contributed by atoms with Gasteiger partial charge in [0.25, 0.3) is 0 Å². The lowest BCUT2D eigenvalue weighted by Crippen LogP contribution is -2.27. The van der Waals surface area contributed by atoms with Gasteiger partial charge in [0.05, 0.1) is 28.5 Å². The molecule has 0 aliphatic heterocycles. The Morgan fingerprint density at radius 1 is 1.19 bits per heavy atom. The minimum atomic E-state index is -4.69. The van der Waals surface area contributed by atoms with E-state index >= 15 is 0 Å². The molecule has 2 heterocycles. The highest BCUT2D eigenvalue weighted by molar-refractivity contribution is 8.00. The third-order valence-electron chi connectivity index (χ3n) is 4.47. The van der Waals surface area contributed by atoms with Gasteiger partial charge in [0, 0.05) is 16.8 Å². The Kier molecular flexibility index (Phi) is 7.32. The molecule has 0 radical (unpaired) electrons. The molecule has 6 nitrogen and oxygen atoms in total. The molecule has 1 unspecified atom stereocenters. The normalized spacial score (nSPS) is 14.0. The fraction of sp³-hybridized carbons (Fsp3) is 0.350. The Balaban J connectivity index is 1.76. The van der Waals surface area contributed by atoms with Crippen molar-refractivity contribution in [3.63, 3.8) is 0 Å². The number of aromatic nitrogens is 2. The van der Waals surface area contributed by atoms with E-state index in [1.54, 1.807) is 37.3 Å². The lowest BCUT2D eigenvalue weighted by Gasteiger charge is -2.21. The van der Waals surface area contributed by atoms with Gasteiger partial charge in [-0.25, -0.2) is 9.97 Å². The molecule has 31 heavy (non-hydrogen) atoms. The zero-order chi connectivity index (χ0) is 22.6. The predicted octanol–water partition coefficient (Wildman–Crippen LogP) is 3.82. The Labute approximate surface area is 184 Å². The number of thioether (sulfide) groups is 1. The van der Waals surface area contributed by atoms with E-state index < -0.39 is 17.6 Å². The first kappa shape index (κ1) is 23.6. The molecule has 0 saturated heterocycles. The van der Waals surface area contributed by atoms with E-state index in [1.165, 1.54) is 6.07 Å². The highest BCUT2D eigenvalue weighted by Gasteiger charge is 2.35. The molecule has 3 aromatic rings. The van der Waals surface area contributed by atoms with Gasteiger partial charge in [-0.05, 0) is 31.5 Å². The number of carbonyl (C=O) groups excluding carboxylic acids is 1. The molecule has 0 spiro atoms. The van der Waals surface area contributed by atoms with Crippen molar-refractivity contribution in [2.45, 2.75) is 30.1 Å². The van der Waals surface area contributed by atoms with Crippen LogP contribution in [0.1, 0.15) is 33.7 Å². The monoisotopic (exact) mass is 471 g/mol. The minimum absolute atomic E-state index is 0.0881. The lowest BCUT2D eigenvalue weighted by atomic mass is 10.0. The Morgan fingerprint density at radius 3 is 2.65 bits per heavy atom. The summed E-state index contributed by atoms with van der Waals surface area (Å²) in [4.78, 5) is 20.8. The zero-order valence-corrected chi connectivity index (χ0v) is 18.1. The molecule has 0 saturated carbocycles. The summed E-state index contributed by atoms with van der Waals surface area (Å²) in [5, 5.41) is 22.6. The third-order valence-corrected chi connectivity index (χ3v) is 6.84. The maximum atomic E-state index is 13.1. The van der Waals surface area contributed by atoms with Crippen molar-refractivity contribution in [3.05, 3.63) is 52.0 Å². The second-order valence-corrected chi connectivity index (χ2v) is 8.97. The van der Waals surface area contributed by atoms with Gasteiger partial charge < -0.3 is 10.2 Å². The molecule has 3 rings (SSSR count). The van der Waals surface area contributed by atoms with E-state index in [2.05, 4.69) is 15.3 Å². The third kappa shape index (κ3) is 5.80. The summed E-state index contributed by atoms with van der Waals surface area (Å²) in [5.41, 5.74) is -1.02. The minimum Gasteiger partial charge on any atom is -0.385 e. The molecular weight excluding hydrogens is 451 g/mol. The number of nitrogens with one attached hydrogen (secondary N) is 1. The number of benzene rings is 1. The number of rotatable bonds is 9. The molecule has 166 valence electrons. The van der Waals surface area contributed by atoms with E-state index in [0.717, 1.165) is 23.1 Å². The van der Waals surface area contributed by atoms with Crippen molar-refractivity contribution in [1.29, 1.82) is 0 Å². The molecule has 1 aromatic carbocycles. The number of alkyl halides is 3. The van der Waals surface area contributed by atoms with E-state index in [9.17, 15) is 23.1 Å². The fourth-order valence-corrected chi connectivity index (χ4v) is 4.81. The van der Waals surface area contributed by atoms with Crippen LogP contribution < -0.4 is 5.32 Å². The number of thiophene rings is 1. The molecule has 11 heteroatoms. The van der Waals surface area contributed by atoms with Gasteiger partial charge in [0.15, 0.2) is 5.78 Å². The number of aliphatic hydroxyl groups excluding tert-OH is 1. The molecule has 0 aliphatic carbocycles. The fourth-order valence-electron chi connectivity index (χ4n) is 2.80. The van der Waals surface area contributed by atoms with Gasteiger partial charge in [0.1, 0.15) is 5.03 Å². The van der Waals surface area contributed by atoms with Crippen LogP contribution in [0, 0.1) is 0 Å². The first-order valence-electron chi connectivity index (χ1n) is 9.26. The van der Waals surface area contributed by atoms with Crippen LogP contribution in [-0.2, 0) is 11.8 Å². The first-order chi connectivity index (χ1) is 14.6. The Morgan fingerprint density at radius 2 is 1.94 bits per heavy atom. The number of nitrogens with zero attached hydrogens (tertiary/aromatic N) is 2. The van der Waals surface area contributed by atoms with Gasteiger partial charge in [-0.15, -0.1) is 11.3 Å². The van der Waals surface area contributed by atoms with E-state index in [4.69, 9.17) is 5.11 Å². The second kappa shape index (κ2) is 9.61. The number of aliphatic hydroxyl groups is 2. The Bertz CT molecular complexity index is 1070. The first-order valence-corrected chi connectivity index (χ1v) is 11.1. The number of para-hydroxylation sites is 1. The standard InChI is InChI=1S/C20H20F3N3O3S2/c1-19(29,8-9-24-11-27)16-7-6-15(31-16)14(28)10-30-17-12-4-2-3-5-13(12)25-18(26-17)20(21,22)23/h2-7,24,27,29H,8-11H2,1H3. The number of carbonyl (C=O) groups is 1. The van der Waals surface area contributed by atoms with Crippen molar-refractivity contribution in [2.75, 3.05) is 19.0 Å². The van der Waals surface area contributed by atoms with Crippen molar-refractivity contribution < 1.29 is 28.2 Å². The summed E-state index contributed by atoms with van der Waals surface area (Å²) in [7, 11) is 0.